The lowest BCUT2D eigenvalue weighted by Crippen LogP contribution is -2.65. The van der Waals surface area contributed by atoms with Gasteiger partial charge < -0.3 is 25.8 Å². The fourth-order valence-electron chi connectivity index (χ4n) is 4.15. The number of aromatic nitrogens is 2. The predicted octanol–water partition coefficient (Wildman–Crippen LogP) is 2.11. The Bertz CT molecular complexity index is 1290. The van der Waals surface area contributed by atoms with Gasteiger partial charge >= 0.3 is 12.1 Å². The van der Waals surface area contributed by atoms with Gasteiger partial charge in [0.15, 0.2) is 5.96 Å². The number of amides is 2. The topological polar surface area (TPSA) is 170 Å². The number of hydrogen-bond acceptors (Lipinski definition) is 8. The van der Waals surface area contributed by atoms with E-state index in [0.29, 0.717) is 30.3 Å². The summed E-state index contributed by atoms with van der Waals surface area (Å²) >= 11 is 0. The van der Waals surface area contributed by atoms with Crippen LogP contribution in [0.3, 0.4) is 0 Å². The molecule has 38 heavy (non-hydrogen) atoms. The monoisotopic (exact) mass is 521 g/mol. The summed E-state index contributed by atoms with van der Waals surface area (Å²) in [7, 11) is 0. The van der Waals surface area contributed by atoms with Crippen LogP contribution in [-0.2, 0) is 16.1 Å². The van der Waals surface area contributed by atoms with E-state index in [1.165, 1.54) is 6.20 Å². The summed E-state index contributed by atoms with van der Waals surface area (Å²) in [6.45, 7) is 2.16. The maximum absolute atomic E-state index is 13.3. The van der Waals surface area contributed by atoms with Gasteiger partial charge in [-0.25, -0.2) is 9.59 Å². The number of carboxylic acid groups (broad SMARTS) is 1. The van der Waals surface area contributed by atoms with Crippen molar-refractivity contribution in [2.24, 2.45) is 4.99 Å². The second kappa shape index (κ2) is 12.6. The number of benzene rings is 2. The highest BCUT2D eigenvalue weighted by molar-refractivity contribution is 6.07. The van der Waals surface area contributed by atoms with E-state index in [4.69, 9.17) is 4.74 Å². The summed E-state index contributed by atoms with van der Waals surface area (Å²) in [5, 5.41) is 28.8. The molecule has 6 N–H and O–H groups in total. The van der Waals surface area contributed by atoms with Crippen LogP contribution in [0, 0.1) is 0 Å². The Labute approximate surface area is 219 Å². The predicted molar refractivity (Wildman–Crippen MR) is 140 cm³/mol. The highest BCUT2D eigenvalue weighted by atomic mass is 16.5. The number of nitrogens with one attached hydrogen (secondary N) is 5. The number of aliphatic carboxylic acids is 1. The van der Waals surface area contributed by atoms with E-state index in [1.807, 2.05) is 6.07 Å². The van der Waals surface area contributed by atoms with Gasteiger partial charge in [0.25, 0.3) is 5.91 Å². The third-order valence-corrected chi connectivity index (χ3v) is 6.14. The molecule has 2 heterocycles. The zero-order valence-corrected chi connectivity index (χ0v) is 20.8. The van der Waals surface area contributed by atoms with Gasteiger partial charge in [0, 0.05) is 24.9 Å². The Kier molecular flexibility index (Phi) is 8.75. The molecule has 1 aromatic heterocycles. The van der Waals surface area contributed by atoms with Gasteiger partial charge in [-0.3, -0.25) is 20.2 Å². The third kappa shape index (κ3) is 6.78. The average Bonchev–Trinajstić information content (AvgIpc) is 3.62. The molecule has 0 bridgehead atoms. The number of unbranched alkanes of at least 4 members (excludes halogenated alkanes) is 2. The van der Waals surface area contributed by atoms with E-state index in [2.05, 4.69) is 36.5 Å². The molecule has 12 nitrogen and oxygen atoms in total. The minimum absolute atomic E-state index is 0.0466. The van der Waals surface area contributed by atoms with E-state index >= 15 is 0 Å². The molecule has 0 fully saturated rings. The molecule has 0 aliphatic carbocycles. The molecular weight excluding hydrogens is 490 g/mol. The number of nitrogens with zero attached hydrogens (tertiary/aromatic N) is 2. The molecule has 2 aromatic carbocycles. The Morgan fingerprint density at radius 1 is 1.03 bits per heavy atom. The van der Waals surface area contributed by atoms with Crippen LogP contribution >= 0.6 is 0 Å². The zero-order valence-electron chi connectivity index (χ0n) is 20.8. The summed E-state index contributed by atoms with van der Waals surface area (Å²) in [6, 6.07) is 14.0. The van der Waals surface area contributed by atoms with Crippen molar-refractivity contribution < 1.29 is 24.2 Å². The van der Waals surface area contributed by atoms with Crippen molar-refractivity contribution in [1.29, 1.82) is 0 Å². The summed E-state index contributed by atoms with van der Waals surface area (Å²) in [5.74, 6) is -1.30. The third-order valence-electron chi connectivity index (χ3n) is 6.14. The van der Waals surface area contributed by atoms with Gasteiger partial charge in [0.2, 0.25) is 5.66 Å². The summed E-state index contributed by atoms with van der Waals surface area (Å²) in [5.41, 5.74) is -0.479. The number of ether oxygens (including phenoxy) is 1. The molecule has 1 aliphatic rings. The lowest BCUT2D eigenvalue weighted by Gasteiger charge is -2.31. The van der Waals surface area contributed by atoms with Crippen LogP contribution in [-0.4, -0.2) is 64.5 Å². The molecule has 0 spiro atoms. The van der Waals surface area contributed by atoms with E-state index in [1.54, 1.807) is 42.5 Å². The molecule has 1 aliphatic heterocycles. The van der Waals surface area contributed by atoms with Gasteiger partial charge in [-0.2, -0.15) is 5.10 Å². The zero-order chi connectivity index (χ0) is 26.8. The van der Waals surface area contributed by atoms with Crippen molar-refractivity contribution in [1.82, 2.24) is 31.5 Å². The number of aliphatic imine (C=N–C) groups is 1. The van der Waals surface area contributed by atoms with Crippen LogP contribution in [0.2, 0.25) is 0 Å². The largest absolute Gasteiger partial charge is 0.478 e. The quantitative estimate of drug-likeness (QED) is 0.155. The number of hydrogen-bond donors (Lipinski definition) is 6. The molecule has 2 amide bonds. The molecule has 0 unspecified atom stereocenters. The first kappa shape index (κ1) is 26.5. The number of carbonyl (C=O) groups is 3. The molecule has 0 saturated heterocycles. The molecule has 0 radical (unpaired) electrons. The van der Waals surface area contributed by atoms with Gasteiger partial charge in [0.05, 0.1) is 23.8 Å². The first-order valence-corrected chi connectivity index (χ1v) is 12.5. The highest BCUT2D eigenvalue weighted by Crippen LogP contribution is 2.20. The van der Waals surface area contributed by atoms with E-state index in [9.17, 15) is 19.5 Å². The average molecular weight is 522 g/mol. The maximum atomic E-state index is 13.3. The smallest absolute Gasteiger partial charge is 0.409 e. The fourth-order valence-corrected chi connectivity index (χ4v) is 4.15. The SMILES string of the molecule is O=C(N[C@](CCCCCNC1=NCCN1)(NC(=O)c1cccc2[nH]ncc12)C(=O)O)OCc1ccccc1. The number of H-pyrrole nitrogens is 1. The number of rotatable bonds is 12. The Hall–Kier alpha value is -4.61. The van der Waals surface area contributed by atoms with Gasteiger partial charge in [-0.15, -0.1) is 0 Å². The molecule has 4 rings (SSSR count). The molecule has 0 saturated carbocycles. The van der Waals surface area contributed by atoms with Crippen LogP contribution in [0.4, 0.5) is 4.79 Å². The van der Waals surface area contributed by atoms with E-state index in [0.717, 1.165) is 31.0 Å². The van der Waals surface area contributed by atoms with Crippen molar-refractivity contribution in [3.05, 3.63) is 65.9 Å². The second-order valence-electron chi connectivity index (χ2n) is 8.88. The van der Waals surface area contributed by atoms with Crippen LogP contribution < -0.4 is 21.3 Å². The first-order valence-electron chi connectivity index (χ1n) is 12.5. The normalized spacial score (nSPS) is 14.2. The van der Waals surface area contributed by atoms with Crippen molar-refractivity contribution in [3.63, 3.8) is 0 Å². The molecule has 3 aromatic rings. The molecule has 200 valence electrons. The molecule has 1 atom stereocenters. The fraction of sp³-hybridized carbons (Fsp3) is 0.346. The van der Waals surface area contributed by atoms with Crippen molar-refractivity contribution in [3.8, 4) is 0 Å². The Morgan fingerprint density at radius 3 is 2.63 bits per heavy atom. The second-order valence-corrected chi connectivity index (χ2v) is 8.88. The van der Waals surface area contributed by atoms with Crippen molar-refractivity contribution in [2.75, 3.05) is 19.6 Å². The first-order chi connectivity index (χ1) is 18.5. The summed E-state index contributed by atoms with van der Waals surface area (Å²) in [6.07, 6.45) is 2.31. The number of alkyl carbamates (subject to hydrolysis) is 1. The van der Waals surface area contributed by atoms with Gasteiger partial charge in [-0.1, -0.05) is 42.8 Å². The van der Waals surface area contributed by atoms with Crippen LogP contribution in [0.25, 0.3) is 10.9 Å². The van der Waals surface area contributed by atoms with Crippen LogP contribution in [0.1, 0.15) is 41.6 Å². The summed E-state index contributed by atoms with van der Waals surface area (Å²) < 4.78 is 5.27. The number of carboxylic acids is 1. The highest BCUT2D eigenvalue weighted by Gasteiger charge is 2.42. The van der Waals surface area contributed by atoms with E-state index < -0.39 is 23.6 Å². The van der Waals surface area contributed by atoms with Gasteiger partial charge in [-0.05, 0) is 30.5 Å². The number of fused-ring (bicyclic) bond motifs is 1. The standard InChI is InChI=1S/C26H31N7O5/c34-22(19-10-7-11-21-20(19)16-30-33-21)31-26(23(35)36,12-5-2-6-13-27-24-28-14-15-29-24)32-25(37)38-17-18-8-3-1-4-9-18/h1,3-4,7-11,16H,2,5-6,12-15,17H2,(H,30,33)(H,31,34)(H,32,37)(H,35,36)(H2,27,28,29)/t26-/m0/s1. The molecular formula is C26H31N7O5. The van der Waals surface area contributed by atoms with Crippen molar-refractivity contribution >= 4 is 34.8 Å². The maximum Gasteiger partial charge on any atom is 0.409 e. The Balaban J connectivity index is 1.44. The minimum atomic E-state index is -2.08. The lowest BCUT2D eigenvalue weighted by molar-refractivity contribution is -0.146. The number of guanidine groups is 1. The van der Waals surface area contributed by atoms with Gasteiger partial charge in [0.1, 0.15) is 6.61 Å². The lowest BCUT2D eigenvalue weighted by atomic mass is 10.00. The van der Waals surface area contributed by atoms with E-state index in [-0.39, 0.29) is 18.6 Å². The number of carbonyl (C=O) groups excluding carboxylic acids is 2. The van der Waals surface area contributed by atoms with Crippen LogP contribution in [0.15, 0.2) is 59.7 Å². The van der Waals surface area contributed by atoms with Crippen molar-refractivity contribution in [2.45, 2.75) is 38.0 Å². The molecule has 12 heteroatoms. The van der Waals surface area contributed by atoms with Crippen LogP contribution in [0.5, 0.6) is 0 Å². The number of aromatic amines is 1. The Morgan fingerprint density at radius 2 is 1.87 bits per heavy atom. The summed E-state index contributed by atoms with van der Waals surface area (Å²) in [4.78, 5) is 42.8. The minimum Gasteiger partial charge on any atom is -0.478 e.